The lowest BCUT2D eigenvalue weighted by Gasteiger charge is -2.31. The molecule has 0 amide bonds. The molecule has 2 unspecified atom stereocenters. The van der Waals surface area contributed by atoms with Gasteiger partial charge in [-0.15, -0.1) is 0 Å². The van der Waals surface area contributed by atoms with Gasteiger partial charge in [-0.3, -0.25) is 0 Å². The standard InChI is InChI=1S/C15H22N2O2/c1-10-8-13-14(19-7-6-18-13)9-11(10)15(16)12-4-2-3-5-17-12/h8-9,12,15,17H,2-7,16H2,1H3. The van der Waals surface area contributed by atoms with Gasteiger partial charge in [-0.05, 0) is 49.6 Å². The van der Waals surface area contributed by atoms with E-state index in [9.17, 15) is 0 Å². The van der Waals surface area contributed by atoms with E-state index in [2.05, 4.69) is 18.3 Å². The third kappa shape index (κ3) is 2.55. The Morgan fingerprint density at radius 1 is 1.21 bits per heavy atom. The molecule has 2 aliphatic heterocycles. The molecule has 1 aromatic carbocycles. The second-order valence-corrected chi connectivity index (χ2v) is 5.43. The summed E-state index contributed by atoms with van der Waals surface area (Å²) in [6.45, 7) is 4.41. The zero-order chi connectivity index (χ0) is 13.2. The maximum atomic E-state index is 6.44. The average Bonchev–Trinajstić information content (AvgIpc) is 2.47. The first-order chi connectivity index (χ1) is 9.25. The molecule has 104 valence electrons. The van der Waals surface area contributed by atoms with E-state index >= 15 is 0 Å². The second kappa shape index (κ2) is 5.39. The molecule has 0 radical (unpaired) electrons. The van der Waals surface area contributed by atoms with E-state index in [4.69, 9.17) is 15.2 Å². The molecular weight excluding hydrogens is 240 g/mol. The van der Waals surface area contributed by atoms with Gasteiger partial charge in [-0.2, -0.15) is 0 Å². The molecule has 4 nitrogen and oxygen atoms in total. The van der Waals surface area contributed by atoms with Crippen LogP contribution in [-0.4, -0.2) is 25.8 Å². The van der Waals surface area contributed by atoms with Crippen molar-refractivity contribution < 1.29 is 9.47 Å². The molecule has 1 fully saturated rings. The van der Waals surface area contributed by atoms with Gasteiger partial charge in [-0.1, -0.05) is 6.42 Å². The fourth-order valence-electron chi connectivity index (χ4n) is 2.97. The minimum atomic E-state index is 0.0242. The van der Waals surface area contributed by atoms with Crippen molar-refractivity contribution in [1.82, 2.24) is 5.32 Å². The third-order valence-electron chi connectivity index (χ3n) is 4.07. The van der Waals surface area contributed by atoms with E-state index in [0.717, 1.165) is 24.5 Å². The first kappa shape index (κ1) is 12.8. The Balaban J connectivity index is 1.86. The SMILES string of the molecule is Cc1cc2c(cc1C(N)C1CCCCN1)OCCO2. The van der Waals surface area contributed by atoms with Gasteiger partial charge in [-0.25, -0.2) is 0 Å². The fraction of sp³-hybridized carbons (Fsp3) is 0.600. The molecule has 1 aromatic rings. The van der Waals surface area contributed by atoms with E-state index in [1.54, 1.807) is 0 Å². The summed E-state index contributed by atoms with van der Waals surface area (Å²) in [6.07, 6.45) is 3.66. The van der Waals surface area contributed by atoms with Crippen LogP contribution in [0.2, 0.25) is 0 Å². The summed E-state index contributed by atoms with van der Waals surface area (Å²) in [7, 11) is 0. The Morgan fingerprint density at radius 2 is 1.95 bits per heavy atom. The Labute approximate surface area is 114 Å². The van der Waals surface area contributed by atoms with Gasteiger partial charge in [0.2, 0.25) is 0 Å². The molecule has 3 rings (SSSR count). The van der Waals surface area contributed by atoms with E-state index < -0.39 is 0 Å². The molecule has 4 heteroatoms. The minimum absolute atomic E-state index is 0.0242. The molecule has 0 aromatic heterocycles. The predicted molar refractivity (Wildman–Crippen MR) is 74.7 cm³/mol. The monoisotopic (exact) mass is 262 g/mol. The predicted octanol–water partition coefficient (Wildman–Crippen LogP) is 1.91. The number of nitrogens with one attached hydrogen (secondary N) is 1. The maximum absolute atomic E-state index is 6.44. The van der Waals surface area contributed by atoms with Crippen molar-refractivity contribution in [1.29, 1.82) is 0 Å². The van der Waals surface area contributed by atoms with Gasteiger partial charge in [0.15, 0.2) is 11.5 Å². The number of fused-ring (bicyclic) bond motifs is 1. The van der Waals surface area contributed by atoms with Crippen LogP contribution in [0.4, 0.5) is 0 Å². The van der Waals surface area contributed by atoms with E-state index in [-0.39, 0.29) is 6.04 Å². The van der Waals surface area contributed by atoms with Crippen molar-refractivity contribution in [2.45, 2.75) is 38.3 Å². The van der Waals surface area contributed by atoms with Gasteiger partial charge in [0.25, 0.3) is 0 Å². The Bertz CT molecular complexity index is 456. The van der Waals surface area contributed by atoms with Gasteiger partial charge >= 0.3 is 0 Å². The summed E-state index contributed by atoms with van der Waals surface area (Å²) in [6, 6.07) is 4.50. The second-order valence-electron chi connectivity index (χ2n) is 5.43. The zero-order valence-corrected chi connectivity index (χ0v) is 11.4. The number of hydrogen-bond acceptors (Lipinski definition) is 4. The molecule has 0 bridgehead atoms. The highest BCUT2D eigenvalue weighted by Crippen LogP contribution is 2.36. The number of rotatable bonds is 2. The summed E-state index contributed by atoms with van der Waals surface area (Å²) in [5.74, 6) is 1.68. The number of nitrogens with two attached hydrogens (primary N) is 1. The van der Waals surface area contributed by atoms with Crippen molar-refractivity contribution in [2.24, 2.45) is 5.73 Å². The minimum Gasteiger partial charge on any atom is -0.486 e. The number of hydrogen-bond donors (Lipinski definition) is 2. The van der Waals surface area contributed by atoms with Crippen LogP contribution in [0.15, 0.2) is 12.1 Å². The first-order valence-electron chi connectivity index (χ1n) is 7.15. The van der Waals surface area contributed by atoms with Gasteiger partial charge in [0.05, 0.1) is 0 Å². The highest BCUT2D eigenvalue weighted by Gasteiger charge is 2.24. The summed E-state index contributed by atoms with van der Waals surface area (Å²) < 4.78 is 11.3. The summed E-state index contributed by atoms with van der Waals surface area (Å²) in [5.41, 5.74) is 8.80. The molecular formula is C15H22N2O2. The summed E-state index contributed by atoms with van der Waals surface area (Å²) in [4.78, 5) is 0. The van der Waals surface area contributed by atoms with Crippen LogP contribution < -0.4 is 20.5 Å². The Morgan fingerprint density at radius 3 is 2.63 bits per heavy atom. The lowest BCUT2D eigenvalue weighted by Crippen LogP contribution is -2.42. The lowest BCUT2D eigenvalue weighted by molar-refractivity contribution is 0.171. The van der Waals surface area contributed by atoms with Gasteiger partial charge < -0.3 is 20.5 Å². The van der Waals surface area contributed by atoms with E-state index in [1.165, 1.54) is 24.0 Å². The van der Waals surface area contributed by atoms with Gasteiger partial charge in [0.1, 0.15) is 13.2 Å². The van der Waals surface area contributed by atoms with Crippen LogP contribution in [0.5, 0.6) is 11.5 Å². The number of ether oxygens (including phenoxy) is 2. The van der Waals surface area contributed by atoms with Crippen molar-refractivity contribution in [2.75, 3.05) is 19.8 Å². The third-order valence-corrected chi connectivity index (χ3v) is 4.07. The largest absolute Gasteiger partial charge is 0.486 e. The average molecular weight is 262 g/mol. The van der Waals surface area contributed by atoms with Crippen LogP contribution in [0.3, 0.4) is 0 Å². The molecule has 1 saturated heterocycles. The number of piperidine rings is 1. The highest BCUT2D eigenvalue weighted by molar-refractivity contribution is 5.49. The molecule has 0 spiro atoms. The molecule has 2 atom stereocenters. The number of aryl methyl sites for hydroxylation is 1. The van der Waals surface area contributed by atoms with Crippen LogP contribution >= 0.6 is 0 Å². The molecule has 3 N–H and O–H groups in total. The van der Waals surface area contributed by atoms with E-state index in [1.807, 2.05) is 6.07 Å². The summed E-state index contributed by atoms with van der Waals surface area (Å²) in [5, 5.41) is 3.53. The van der Waals surface area contributed by atoms with Crippen LogP contribution in [0.1, 0.15) is 36.4 Å². The quantitative estimate of drug-likeness (QED) is 0.855. The molecule has 0 saturated carbocycles. The van der Waals surface area contributed by atoms with Crippen LogP contribution in [0, 0.1) is 6.92 Å². The molecule has 2 heterocycles. The van der Waals surface area contributed by atoms with Crippen molar-refractivity contribution in [3.8, 4) is 11.5 Å². The highest BCUT2D eigenvalue weighted by atomic mass is 16.6. The topological polar surface area (TPSA) is 56.5 Å². The molecule has 0 aliphatic carbocycles. The Hall–Kier alpha value is -1.26. The molecule has 2 aliphatic rings. The van der Waals surface area contributed by atoms with Crippen LogP contribution in [0.25, 0.3) is 0 Å². The Kier molecular flexibility index (Phi) is 3.62. The lowest BCUT2D eigenvalue weighted by atomic mass is 9.90. The van der Waals surface area contributed by atoms with Crippen LogP contribution in [-0.2, 0) is 0 Å². The zero-order valence-electron chi connectivity index (χ0n) is 11.4. The van der Waals surface area contributed by atoms with Crippen molar-refractivity contribution in [3.05, 3.63) is 23.3 Å². The fourth-order valence-corrected chi connectivity index (χ4v) is 2.97. The van der Waals surface area contributed by atoms with E-state index in [0.29, 0.717) is 19.3 Å². The van der Waals surface area contributed by atoms with Crippen molar-refractivity contribution in [3.63, 3.8) is 0 Å². The normalized spacial score (nSPS) is 24.0. The maximum Gasteiger partial charge on any atom is 0.161 e. The summed E-state index contributed by atoms with van der Waals surface area (Å²) >= 11 is 0. The van der Waals surface area contributed by atoms with Crippen molar-refractivity contribution >= 4 is 0 Å². The molecule has 19 heavy (non-hydrogen) atoms. The number of benzene rings is 1. The smallest absolute Gasteiger partial charge is 0.161 e. The van der Waals surface area contributed by atoms with Gasteiger partial charge in [0, 0.05) is 12.1 Å². The first-order valence-corrected chi connectivity index (χ1v) is 7.15.